The number of carbonyl (C=O) groups excluding carboxylic acids is 1. The molecule has 0 heterocycles. The Hall–Kier alpha value is -2.09. The summed E-state index contributed by atoms with van der Waals surface area (Å²) in [6.07, 6.45) is 4.66. The van der Waals surface area contributed by atoms with E-state index in [0.717, 1.165) is 12.2 Å². The van der Waals surface area contributed by atoms with E-state index in [4.69, 9.17) is 4.74 Å². The van der Waals surface area contributed by atoms with E-state index in [1.807, 2.05) is 54.6 Å². The van der Waals surface area contributed by atoms with Crippen LogP contribution in [0.25, 0.3) is 0 Å². The molecule has 0 fully saturated rings. The average Bonchev–Trinajstić information content (AvgIpc) is 2.55. The van der Waals surface area contributed by atoms with Crippen LogP contribution in [-0.2, 0) is 0 Å². The van der Waals surface area contributed by atoms with Crippen molar-refractivity contribution in [3.63, 3.8) is 0 Å². The number of carbonyl (C=O) groups is 1. The lowest BCUT2D eigenvalue weighted by atomic mass is 10.00. The number of ketones is 1. The van der Waals surface area contributed by atoms with Crippen LogP contribution < -0.4 is 4.74 Å². The van der Waals surface area contributed by atoms with E-state index >= 15 is 0 Å². The number of benzene rings is 2. The molecule has 122 valence electrons. The highest BCUT2D eigenvalue weighted by Gasteiger charge is 2.19. The molecule has 0 atom stereocenters. The third-order valence-electron chi connectivity index (χ3n) is 3.93. The topological polar surface area (TPSA) is 26.3 Å². The Morgan fingerprint density at radius 2 is 1.52 bits per heavy atom. The van der Waals surface area contributed by atoms with E-state index in [-0.39, 0.29) is 11.4 Å². The van der Waals surface area contributed by atoms with Gasteiger partial charge >= 0.3 is 0 Å². The number of ether oxygens (including phenoxy) is 1. The van der Waals surface area contributed by atoms with Gasteiger partial charge in [0.15, 0.2) is 5.78 Å². The standard InChI is InChI=1S/C21H26O2/c1-4-5-9-16-21(2,3)23-19-14-12-18(13-15-19)20(22)17-10-7-6-8-11-17/h6-8,10-15H,4-5,9,16H2,1-3H3. The predicted molar refractivity (Wildman–Crippen MR) is 95.2 cm³/mol. The third-order valence-corrected chi connectivity index (χ3v) is 3.93. The normalized spacial score (nSPS) is 11.3. The summed E-state index contributed by atoms with van der Waals surface area (Å²) in [7, 11) is 0. The molecule has 0 amide bonds. The molecular formula is C21H26O2. The Morgan fingerprint density at radius 3 is 2.13 bits per heavy atom. The van der Waals surface area contributed by atoms with Gasteiger partial charge in [-0.25, -0.2) is 0 Å². The van der Waals surface area contributed by atoms with E-state index < -0.39 is 0 Å². The van der Waals surface area contributed by atoms with Gasteiger partial charge in [0, 0.05) is 11.1 Å². The second-order valence-electron chi connectivity index (χ2n) is 6.54. The molecular weight excluding hydrogens is 284 g/mol. The van der Waals surface area contributed by atoms with Crippen LogP contribution in [0, 0.1) is 0 Å². The summed E-state index contributed by atoms with van der Waals surface area (Å²) in [5.41, 5.74) is 1.22. The van der Waals surface area contributed by atoms with Crippen molar-refractivity contribution in [2.45, 2.75) is 52.1 Å². The van der Waals surface area contributed by atoms with E-state index in [1.165, 1.54) is 19.3 Å². The minimum absolute atomic E-state index is 0.0411. The second kappa shape index (κ2) is 7.96. The fourth-order valence-corrected chi connectivity index (χ4v) is 2.60. The molecule has 0 radical (unpaired) electrons. The molecule has 2 rings (SSSR count). The Morgan fingerprint density at radius 1 is 0.913 bits per heavy atom. The summed E-state index contributed by atoms with van der Waals surface area (Å²) in [5, 5.41) is 0. The highest BCUT2D eigenvalue weighted by Crippen LogP contribution is 2.24. The molecule has 2 aromatic carbocycles. The molecule has 0 unspecified atom stereocenters. The lowest BCUT2D eigenvalue weighted by Gasteiger charge is -2.26. The average molecular weight is 310 g/mol. The maximum Gasteiger partial charge on any atom is 0.193 e. The number of rotatable bonds is 8. The molecule has 0 spiro atoms. The molecule has 0 saturated carbocycles. The fraction of sp³-hybridized carbons (Fsp3) is 0.381. The van der Waals surface area contributed by atoms with Crippen LogP contribution in [0.2, 0.25) is 0 Å². The first-order valence-electron chi connectivity index (χ1n) is 8.41. The van der Waals surface area contributed by atoms with E-state index in [1.54, 1.807) is 0 Å². The summed E-state index contributed by atoms with van der Waals surface area (Å²) >= 11 is 0. The molecule has 0 aliphatic carbocycles. The Kier molecular flexibility index (Phi) is 5.97. The second-order valence-corrected chi connectivity index (χ2v) is 6.54. The van der Waals surface area contributed by atoms with Gasteiger partial charge in [-0.1, -0.05) is 50.1 Å². The first kappa shape index (κ1) is 17.3. The van der Waals surface area contributed by atoms with Crippen molar-refractivity contribution in [2.75, 3.05) is 0 Å². The molecule has 0 aromatic heterocycles. The Balaban J connectivity index is 2.01. The lowest BCUT2D eigenvalue weighted by Crippen LogP contribution is -2.28. The minimum Gasteiger partial charge on any atom is -0.488 e. The predicted octanol–water partition coefficient (Wildman–Crippen LogP) is 5.66. The molecule has 2 aromatic rings. The van der Waals surface area contributed by atoms with Crippen molar-refractivity contribution in [3.8, 4) is 5.75 Å². The van der Waals surface area contributed by atoms with Gasteiger partial charge in [0.05, 0.1) is 0 Å². The van der Waals surface area contributed by atoms with Crippen molar-refractivity contribution in [3.05, 3.63) is 65.7 Å². The highest BCUT2D eigenvalue weighted by molar-refractivity contribution is 6.08. The summed E-state index contributed by atoms with van der Waals surface area (Å²) < 4.78 is 6.08. The number of unbranched alkanes of at least 4 members (excludes halogenated alkanes) is 2. The molecule has 0 saturated heterocycles. The van der Waals surface area contributed by atoms with Crippen molar-refractivity contribution < 1.29 is 9.53 Å². The van der Waals surface area contributed by atoms with Crippen LogP contribution in [0.3, 0.4) is 0 Å². The third kappa shape index (κ3) is 5.24. The number of hydrogen-bond acceptors (Lipinski definition) is 2. The van der Waals surface area contributed by atoms with Crippen molar-refractivity contribution in [1.82, 2.24) is 0 Å². The van der Waals surface area contributed by atoms with Gasteiger partial charge in [-0.3, -0.25) is 4.79 Å². The maximum atomic E-state index is 12.4. The Bertz CT molecular complexity index is 612. The molecule has 2 heteroatoms. The quantitative estimate of drug-likeness (QED) is 0.465. The van der Waals surface area contributed by atoms with Gasteiger partial charge in [0.2, 0.25) is 0 Å². The van der Waals surface area contributed by atoms with Gasteiger partial charge in [0.1, 0.15) is 11.4 Å². The molecule has 23 heavy (non-hydrogen) atoms. The van der Waals surface area contributed by atoms with Crippen LogP contribution >= 0.6 is 0 Å². The number of hydrogen-bond donors (Lipinski definition) is 0. The van der Waals surface area contributed by atoms with E-state index in [2.05, 4.69) is 20.8 Å². The molecule has 0 bridgehead atoms. The smallest absolute Gasteiger partial charge is 0.193 e. The molecule has 0 aliphatic heterocycles. The zero-order valence-electron chi connectivity index (χ0n) is 14.3. The summed E-state index contributed by atoms with van der Waals surface area (Å²) in [5.74, 6) is 0.857. The van der Waals surface area contributed by atoms with Crippen LogP contribution in [0.4, 0.5) is 0 Å². The minimum atomic E-state index is -0.180. The van der Waals surface area contributed by atoms with Crippen molar-refractivity contribution >= 4 is 5.78 Å². The van der Waals surface area contributed by atoms with Crippen LogP contribution in [0.1, 0.15) is 62.4 Å². The zero-order chi connectivity index (χ0) is 16.7. The lowest BCUT2D eigenvalue weighted by molar-refractivity contribution is 0.0962. The maximum absolute atomic E-state index is 12.4. The van der Waals surface area contributed by atoms with Gasteiger partial charge in [0.25, 0.3) is 0 Å². The van der Waals surface area contributed by atoms with Crippen LogP contribution in [0.5, 0.6) is 5.75 Å². The van der Waals surface area contributed by atoms with Crippen molar-refractivity contribution in [2.24, 2.45) is 0 Å². The molecule has 0 N–H and O–H groups in total. The van der Waals surface area contributed by atoms with E-state index in [9.17, 15) is 4.79 Å². The van der Waals surface area contributed by atoms with Gasteiger partial charge in [-0.15, -0.1) is 0 Å². The fourth-order valence-electron chi connectivity index (χ4n) is 2.60. The summed E-state index contributed by atoms with van der Waals surface area (Å²) in [6, 6.07) is 16.8. The molecule has 0 aliphatic rings. The SMILES string of the molecule is CCCCCC(C)(C)Oc1ccc(C(=O)c2ccccc2)cc1. The van der Waals surface area contributed by atoms with Crippen LogP contribution in [0.15, 0.2) is 54.6 Å². The zero-order valence-corrected chi connectivity index (χ0v) is 14.3. The van der Waals surface area contributed by atoms with E-state index in [0.29, 0.717) is 11.1 Å². The van der Waals surface area contributed by atoms with Crippen molar-refractivity contribution in [1.29, 1.82) is 0 Å². The molecule has 2 nitrogen and oxygen atoms in total. The first-order chi connectivity index (χ1) is 11.0. The van der Waals surface area contributed by atoms with Gasteiger partial charge in [-0.05, 0) is 51.0 Å². The van der Waals surface area contributed by atoms with Gasteiger partial charge in [-0.2, -0.15) is 0 Å². The Labute approximate surface area is 139 Å². The highest BCUT2D eigenvalue weighted by atomic mass is 16.5. The monoisotopic (exact) mass is 310 g/mol. The van der Waals surface area contributed by atoms with Crippen LogP contribution in [-0.4, -0.2) is 11.4 Å². The summed E-state index contributed by atoms with van der Waals surface area (Å²) in [4.78, 5) is 12.4. The van der Waals surface area contributed by atoms with Gasteiger partial charge < -0.3 is 4.74 Å². The summed E-state index contributed by atoms with van der Waals surface area (Å²) in [6.45, 7) is 6.44. The largest absolute Gasteiger partial charge is 0.488 e. The first-order valence-corrected chi connectivity index (χ1v) is 8.41.